The lowest BCUT2D eigenvalue weighted by molar-refractivity contribution is 0.0835. The van der Waals surface area contributed by atoms with Crippen LogP contribution in [-0.4, -0.2) is 18.0 Å². The van der Waals surface area contributed by atoms with E-state index >= 15 is 0 Å². The first-order valence-corrected chi connectivity index (χ1v) is 5.80. The Morgan fingerprint density at radius 3 is 2.88 bits per heavy atom. The minimum Gasteiger partial charge on any atom is -0.469 e. The Labute approximate surface area is 95.2 Å². The number of hydrogen-bond donors (Lipinski definition) is 2. The zero-order chi connectivity index (χ0) is 11.6. The number of carbonyl (C=O) groups excluding carboxylic acids is 1. The van der Waals surface area contributed by atoms with E-state index in [0.717, 1.165) is 31.4 Å². The lowest BCUT2D eigenvalue weighted by atomic mass is 9.76. The van der Waals surface area contributed by atoms with Crippen LogP contribution < -0.4 is 11.1 Å². The summed E-state index contributed by atoms with van der Waals surface area (Å²) >= 11 is 0. The van der Waals surface area contributed by atoms with E-state index in [-0.39, 0.29) is 11.4 Å². The maximum Gasteiger partial charge on any atom is 0.255 e. The van der Waals surface area contributed by atoms with Gasteiger partial charge in [-0.1, -0.05) is 6.92 Å². The van der Waals surface area contributed by atoms with E-state index in [9.17, 15) is 4.79 Å². The molecule has 1 fully saturated rings. The number of amides is 1. The van der Waals surface area contributed by atoms with Gasteiger partial charge in [-0.2, -0.15) is 0 Å². The van der Waals surface area contributed by atoms with Gasteiger partial charge in [-0.05, 0) is 25.3 Å². The molecule has 0 unspecified atom stereocenters. The average molecular weight is 222 g/mol. The molecule has 1 aromatic rings. The van der Waals surface area contributed by atoms with Crippen LogP contribution in [0, 0.1) is 0 Å². The molecule has 4 heteroatoms. The van der Waals surface area contributed by atoms with Crippen molar-refractivity contribution < 1.29 is 9.21 Å². The Balaban J connectivity index is 2.08. The zero-order valence-corrected chi connectivity index (χ0v) is 9.58. The first kappa shape index (κ1) is 11.2. The van der Waals surface area contributed by atoms with Crippen molar-refractivity contribution in [3.8, 4) is 0 Å². The Morgan fingerprint density at radius 1 is 1.62 bits per heavy atom. The number of hydrogen-bond acceptors (Lipinski definition) is 3. The van der Waals surface area contributed by atoms with Gasteiger partial charge in [-0.25, -0.2) is 0 Å². The van der Waals surface area contributed by atoms with E-state index in [1.807, 2.05) is 6.92 Å². The van der Waals surface area contributed by atoms with Crippen molar-refractivity contribution in [3.63, 3.8) is 0 Å². The van der Waals surface area contributed by atoms with Gasteiger partial charge in [0, 0.05) is 13.0 Å². The Hall–Kier alpha value is -1.29. The van der Waals surface area contributed by atoms with Crippen LogP contribution in [0.1, 0.15) is 42.3 Å². The third-order valence-corrected chi connectivity index (χ3v) is 3.39. The molecular formula is C12H18N2O2. The summed E-state index contributed by atoms with van der Waals surface area (Å²) in [5, 5.41) is 3.03. The molecular weight excluding hydrogens is 204 g/mol. The summed E-state index contributed by atoms with van der Waals surface area (Å²) in [5.41, 5.74) is 6.18. The van der Waals surface area contributed by atoms with E-state index in [4.69, 9.17) is 10.2 Å². The monoisotopic (exact) mass is 222 g/mol. The van der Waals surface area contributed by atoms with Crippen molar-refractivity contribution in [2.75, 3.05) is 6.54 Å². The normalized spacial score (nSPS) is 17.9. The molecule has 1 heterocycles. The third-order valence-electron chi connectivity index (χ3n) is 3.39. The fraction of sp³-hybridized carbons (Fsp3) is 0.583. The van der Waals surface area contributed by atoms with Gasteiger partial charge in [0.05, 0.1) is 17.4 Å². The molecule has 88 valence electrons. The molecule has 0 radical (unpaired) electrons. The molecule has 0 aromatic carbocycles. The summed E-state index contributed by atoms with van der Waals surface area (Å²) in [6.45, 7) is 2.48. The highest BCUT2D eigenvalue weighted by atomic mass is 16.3. The van der Waals surface area contributed by atoms with Crippen LogP contribution >= 0.6 is 0 Å². The van der Waals surface area contributed by atoms with Crippen molar-refractivity contribution in [2.45, 2.75) is 38.1 Å². The van der Waals surface area contributed by atoms with Crippen molar-refractivity contribution >= 4 is 5.91 Å². The minimum atomic E-state index is -0.167. The Bertz CT molecular complexity index is 375. The largest absolute Gasteiger partial charge is 0.469 e. The fourth-order valence-electron chi connectivity index (χ4n) is 2.11. The quantitative estimate of drug-likeness (QED) is 0.810. The van der Waals surface area contributed by atoms with Crippen molar-refractivity contribution in [1.29, 1.82) is 0 Å². The maximum absolute atomic E-state index is 12.0. The van der Waals surface area contributed by atoms with Gasteiger partial charge in [0.15, 0.2) is 0 Å². The number of nitrogens with one attached hydrogen (secondary N) is 1. The molecule has 16 heavy (non-hydrogen) atoms. The van der Waals surface area contributed by atoms with E-state index < -0.39 is 0 Å². The summed E-state index contributed by atoms with van der Waals surface area (Å²) in [6.07, 6.45) is 5.39. The van der Waals surface area contributed by atoms with Crippen LogP contribution in [0.25, 0.3) is 0 Å². The summed E-state index contributed by atoms with van der Waals surface area (Å²) in [7, 11) is 0. The summed E-state index contributed by atoms with van der Waals surface area (Å²) in [5.74, 6) is 0.680. The van der Waals surface area contributed by atoms with Gasteiger partial charge in [0.2, 0.25) is 0 Å². The topological polar surface area (TPSA) is 68.3 Å². The van der Waals surface area contributed by atoms with E-state index in [2.05, 4.69) is 5.32 Å². The Kier molecular flexibility index (Phi) is 3.01. The average Bonchev–Trinajstić information content (AvgIpc) is 2.71. The van der Waals surface area contributed by atoms with Crippen molar-refractivity contribution in [1.82, 2.24) is 5.32 Å². The lowest BCUT2D eigenvalue weighted by Crippen LogP contribution is -2.58. The number of aryl methyl sites for hydroxylation is 1. The second-order valence-electron chi connectivity index (χ2n) is 4.40. The van der Waals surface area contributed by atoms with Crippen LogP contribution in [0.4, 0.5) is 0 Å². The van der Waals surface area contributed by atoms with E-state index in [0.29, 0.717) is 12.1 Å². The molecule has 1 amide bonds. The molecule has 0 aliphatic heterocycles. The molecule has 1 aromatic heterocycles. The summed E-state index contributed by atoms with van der Waals surface area (Å²) in [6, 6.07) is 1.72. The van der Waals surface area contributed by atoms with Crippen LogP contribution in [0.2, 0.25) is 0 Å². The highest BCUT2D eigenvalue weighted by molar-refractivity contribution is 5.95. The van der Waals surface area contributed by atoms with Gasteiger partial charge in [-0.3, -0.25) is 4.79 Å². The number of furan rings is 1. The van der Waals surface area contributed by atoms with Crippen LogP contribution in [-0.2, 0) is 6.42 Å². The molecule has 1 aliphatic rings. The number of carbonyl (C=O) groups is 1. The molecule has 2 rings (SSSR count). The molecule has 0 atom stereocenters. The first-order valence-electron chi connectivity index (χ1n) is 5.80. The van der Waals surface area contributed by atoms with Crippen LogP contribution in [0.5, 0.6) is 0 Å². The number of nitrogens with two attached hydrogens (primary N) is 1. The zero-order valence-electron chi connectivity index (χ0n) is 9.58. The molecule has 3 N–H and O–H groups in total. The number of rotatable bonds is 4. The predicted octanol–water partition coefficient (Wildman–Crippen LogP) is 1.45. The van der Waals surface area contributed by atoms with Gasteiger partial charge in [0.25, 0.3) is 5.91 Å². The third kappa shape index (κ3) is 1.85. The molecule has 1 saturated carbocycles. The highest BCUT2D eigenvalue weighted by Gasteiger charge is 2.37. The van der Waals surface area contributed by atoms with Crippen LogP contribution in [0.3, 0.4) is 0 Å². The fourth-order valence-corrected chi connectivity index (χ4v) is 2.11. The molecule has 4 nitrogen and oxygen atoms in total. The van der Waals surface area contributed by atoms with Gasteiger partial charge in [-0.15, -0.1) is 0 Å². The van der Waals surface area contributed by atoms with E-state index in [1.165, 1.54) is 0 Å². The first-order chi connectivity index (χ1) is 7.71. The standard InChI is InChI=1S/C12H18N2O2/c1-2-10-9(4-7-16-10)11(15)14-12(8-13)5-3-6-12/h4,7H,2-3,5-6,8,13H2,1H3,(H,14,15). The van der Waals surface area contributed by atoms with Gasteiger partial charge in [0.1, 0.15) is 5.76 Å². The smallest absolute Gasteiger partial charge is 0.255 e. The van der Waals surface area contributed by atoms with Crippen molar-refractivity contribution in [3.05, 3.63) is 23.7 Å². The lowest BCUT2D eigenvalue weighted by Gasteiger charge is -2.41. The molecule has 0 bridgehead atoms. The second-order valence-corrected chi connectivity index (χ2v) is 4.40. The van der Waals surface area contributed by atoms with E-state index in [1.54, 1.807) is 12.3 Å². The van der Waals surface area contributed by atoms with Crippen molar-refractivity contribution in [2.24, 2.45) is 5.73 Å². The predicted molar refractivity (Wildman–Crippen MR) is 61.2 cm³/mol. The summed E-state index contributed by atoms with van der Waals surface area (Å²) in [4.78, 5) is 12.0. The van der Waals surface area contributed by atoms with Crippen LogP contribution in [0.15, 0.2) is 16.7 Å². The molecule has 0 saturated heterocycles. The van der Waals surface area contributed by atoms with Gasteiger partial charge >= 0.3 is 0 Å². The second kappa shape index (κ2) is 4.29. The Morgan fingerprint density at radius 2 is 2.38 bits per heavy atom. The van der Waals surface area contributed by atoms with Gasteiger partial charge < -0.3 is 15.5 Å². The highest BCUT2D eigenvalue weighted by Crippen LogP contribution is 2.31. The SMILES string of the molecule is CCc1occc1C(=O)NC1(CN)CCC1. The molecule has 0 spiro atoms. The minimum absolute atomic E-state index is 0.0595. The summed E-state index contributed by atoms with van der Waals surface area (Å²) < 4.78 is 5.24. The maximum atomic E-state index is 12.0. The molecule has 1 aliphatic carbocycles.